The van der Waals surface area contributed by atoms with Crippen LogP contribution in [0, 0.1) is 5.82 Å². The van der Waals surface area contributed by atoms with Crippen molar-refractivity contribution in [2.75, 3.05) is 4.90 Å². The molecule has 1 saturated heterocycles. The molecule has 30 heavy (non-hydrogen) atoms. The lowest BCUT2D eigenvalue weighted by Gasteiger charge is -2.33. The van der Waals surface area contributed by atoms with Gasteiger partial charge in [-0.1, -0.05) is 36.4 Å². The first-order valence-electron chi connectivity index (χ1n) is 9.51. The lowest BCUT2D eigenvalue weighted by molar-refractivity contribution is -0.122. The van der Waals surface area contributed by atoms with E-state index < -0.39 is 29.7 Å². The van der Waals surface area contributed by atoms with E-state index in [1.54, 1.807) is 17.5 Å². The standard InChI is InChI=1S/C23H19FN2O3S/c1-15(16-6-3-2-4-7-16)25(23(29)20-8-5-13-30-20)19-14-21(27)26(22(19)28)18-11-9-17(24)10-12-18/h2-13,15,19H,14H2,1H3. The van der Waals surface area contributed by atoms with Crippen molar-refractivity contribution in [1.82, 2.24) is 4.90 Å². The first-order valence-corrected chi connectivity index (χ1v) is 10.4. The largest absolute Gasteiger partial charge is 0.319 e. The molecule has 1 aliphatic heterocycles. The van der Waals surface area contributed by atoms with Gasteiger partial charge in [0.05, 0.1) is 23.0 Å². The van der Waals surface area contributed by atoms with Crippen molar-refractivity contribution in [3.05, 3.63) is 88.4 Å². The van der Waals surface area contributed by atoms with Crippen molar-refractivity contribution in [1.29, 1.82) is 0 Å². The number of benzene rings is 2. The number of amides is 3. The zero-order valence-corrected chi connectivity index (χ0v) is 17.0. The Kier molecular flexibility index (Phi) is 5.46. The maximum absolute atomic E-state index is 13.4. The topological polar surface area (TPSA) is 57.7 Å². The summed E-state index contributed by atoms with van der Waals surface area (Å²) in [6, 6.07) is 16.7. The molecular weight excluding hydrogens is 403 g/mol. The lowest BCUT2D eigenvalue weighted by atomic mass is 10.0. The molecule has 0 saturated carbocycles. The third kappa shape index (κ3) is 3.64. The molecule has 3 amide bonds. The van der Waals surface area contributed by atoms with Gasteiger partial charge in [-0.05, 0) is 48.2 Å². The summed E-state index contributed by atoms with van der Waals surface area (Å²) in [5, 5.41) is 1.80. The van der Waals surface area contributed by atoms with E-state index >= 15 is 0 Å². The average molecular weight is 422 g/mol. The molecule has 1 aliphatic rings. The van der Waals surface area contributed by atoms with Crippen LogP contribution in [0.15, 0.2) is 72.1 Å². The predicted octanol–water partition coefficient (Wildman–Crippen LogP) is 4.42. The van der Waals surface area contributed by atoms with Crippen LogP contribution in [-0.2, 0) is 9.59 Å². The summed E-state index contributed by atoms with van der Waals surface area (Å²) >= 11 is 1.29. The summed E-state index contributed by atoms with van der Waals surface area (Å²) in [4.78, 5) is 42.4. The second-order valence-electron chi connectivity index (χ2n) is 7.04. The number of hydrogen-bond donors (Lipinski definition) is 0. The molecule has 2 unspecified atom stereocenters. The summed E-state index contributed by atoms with van der Waals surface area (Å²) < 4.78 is 13.3. The van der Waals surface area contributed by atoms with Crippen LogP contribution in [0.2, 0.25) is 0 Å². The second kappa shape index (κ2) is 8.20. The molecule has 0 bridgehead atoms. The highest BCUT2D eigenvalue weighted by molar-refractivity contribution is 7.12. The fraction of sp³-hybridized carbons (Fsp3) is 0.174. The Labute approximate surface area is 177 Å². The first-order chi connectivity index (χ1) is 14.5. The van der Waals surface area contributed by atoms with Crippen LogP contribution in [0.25, 0.3) is 0 Å². The second-order valence-corrected chi connectivity index (χ2v) is 7.99. The Morgan fingerprint density at radius 2 is 1.77 bits per heavy atom. The highest BCUT2D eigenvalue weighted by Crippen LogP contribution is 2.33. The molecule has 152 valence electrons. The summed E-state index contributed by atoms with van der Waals surface area (Å²) in [6.07, 6.45) is -0.121. The molecule has 1 fully saturated rings. The van der Waals surface area contributed by atoms with Gasteiger partial charge in [-0.3, -0.25) is 14.4 Å². The Morgan fingerprint density at radius 1 is 1.07 bits per heavy atom. The molecule has 2 heterocycles. The van der Waals surface area contributed by atoms with Gasteiger partial charge in [0, 0.05) is 0 Å². The summed E-state index contributed by atoms with van der Waals surface area (Å²) in [5.74, 6) is -1.66. The van der Waals surface area contributed by atoms with Crippen LogP contribution in [0.1, 0.15) is 34.6 Å². The van der Waals surface area contributed by atoms with Gasteiger partial charge in [-0.25, -0.2) is 9.29 Å². The van der Waals surface area contributed by atoms with E-state index in [2.05, 4.69) is 0 Å². The Bertz CT molecular complexity index is 1070. The van der Waals surface area contributed by atoms with E-state index in [1.165, 1.54) is 40.5 Å². The van der Waals surface area contributed by atoms with E-state index in [4.69, 9.17) is 0 Å². The SMILES string of the molecule is CC(c1ccccc1)N(C(=O)c1cccs1)C1CC(=O)N(c2ccc(F)cc2)C1=O. The monoisotopic (exact) mass is 422 g/mol. The number of hydrogen-bond acceptors (Lipinski definition) is 4. The molecule has 3 aromatic rings. The van der Waals surface area contributed by atoms with Crippen LogP contribution in [0.5, 0.6) is 0 Å². The third-order valence-corrected chi connectivity index (χ3v) is 6.07. The van der Waals surface area contributed by atoms with Crippen LogP contribution >= 0.6 is 11.3 Å². The van der Waals surface area contributed by atoms with Crippen LogP contribution in [0.3, 0.4) is 0 Å². The molecule has 0 aliphatic carbocycles. The van der Waals surface area contributed by atoms with Crippen LogP contribution in [-0.4, -0.2) is 28.7 Å². The molecule has 0 spiro atoms. The number of halogens is 1. The van der Waals surface area contributed by atoms with Crippen molar-refractivity contribution in [2.24, 2.45) is 0 Å². The molecular formula is C23H19FN2O3S. The minimum Gasteiger partial charge on any atom is -0.319 e. The Hall–Kier alpha value is -3.32. The van der Waals surface area contributed by atoms with E-state index in [0.29, 0.717) is 10.6 Å². The summed E-state index contributed by atoms with van der Waals surface area (Å²) in [5.41, 5.74) is 1.16. The quantitative estimate of drug-likeness (QED) is 0.572. The maximum Gasteiger partial charge on any atom is 0.265 e. The molecule has 2 aromatic carbocycles. The summed E-state index contributed by atoms with van der Waals surface area (Å²) in [6.45, 7) is 1.85. The smallest absolute Gasteiger partial charge is 0.265 e. The van der Waals surface area contributed by atoms with Crippen LogP contribution in [0.4, 0.5) is 10.1 Å². The number of anilines is 1. The molecule has 5 nitrogen and oxygen atoms in total. The number of nitrogens with zero attached hydrogens (tertiary/aromatic N) is 2. The van der Waals surface area contributed by atoms with Gasteiger partial charge < -0.3 is 4.90 Å². The van der Waals surface area contributed by atoms with Gasteiger partial charge in [0.2, 0.25) is 5.91 Å². The maximum atomic E-state index is 13.4. The van der Waals surface area contributed by atoms with Crippen molar-refractivity contribution in [3.63, 3.8) is 0 Å². The van der Waals surface area contributed by atoms with E-state index in [1.807, 2.05) is 37.3 Å². The highest BCUT2D eigenvalue weighted by atomic mass is 32.1. The molecule has 0 N–H and O–H groups in total. The minimum atomic E-state index is -0.938. The number of carbonyl (C=O) groups is 3. The van der Waals surface area contributed by atoms with Gasteiger partial charge >= 0.3 is 0 Å². The molecule has 1 aromatic heterocycles. The van der Waals surface area contributed by atoms with Gasteiger partial charge in [-0.15, -0.1) is 11.3 Å². The van der Waals surface area contributed by atoms with Crippen LogP contribution < -0.4 is 4.90 Å². The van der Waals surface area contributed by atoms with Crippen molar-refractivity contribution >= 4 is 34.7 Å². The minimum absolute atomic E-state index is 0.121. The van der Waals surface area contributed by atoms with Gasteiger partial charge in [0.1, 0.15) is 11.9 Å². The zero-order chi connectivity index (χ0) is 21.3. The van der Waals surface area contributed by atoms with Crippen molar-refractivity contribution < 1.29 is 18.8 Å². The van der Waals surface area contributed by atoms with Crippen molar-refractivity contribution in [2.45, 2.75) is 25.4 Å². The van der Waals surface area contributed by atoms with Gasteiger partial charge in [0.25, 0.3) is 11.8 Å². The lowest BCUT2D eigenvalue weighted by Crippen LogP contribution is -2.46. The molecule has 4 rings (SSSR count). The van der Waals surface area contributed by atoms with E-state index in [9.17, 15) is 18.8 Å². The Balaban J connectivity index is 1.71. The van der Waals surface area contributed by atoms with Gasteiger partial charge in [0.15, 0.2) is 0 Å². The average Bonchev–Trinajstić information content (AvgIpc) is 3.39. The predicted molar refractivity (Wildman–Crippen MR) is 113 cm³/mol. The number of carbonyl (C=O) groups excluding carboxylic acids is 3. The Morgan fingerprint density at radius 3 is 2.40 bits per heavy atom. The molecule has 2 atom stereocenters. The molecule has 7 heteroatoms. The zero-order valence-electron chi connectivity index (χ0n) is 16.2. The number of rotatable bonds is 5. The fourth-order valence-corrected chi connectivity index (χ4v) is 4.37. The highest BCUT2D eigenvalue weighted by Gasteiger charge is 2.46. The first kappa shape index (κ1) is 20.0. The third-order valence-electron chi connectivity index (χ3n) is 5.21. The fourth-order valence-electron chi connectivity index (χ4n) is 3.70. The van der Waals surface area contributed by atoms with Gasteiger partial charge in [-0.2, -0.15) is 0 Å². The normalized spacial score (nSPS) is 17.3. The van der Waals surface area contributed by atoms with E-state index in [0.717, 1.165) is 10.5 Å². The number of thiophene rings is 1. The molecule has 0 radical (unpaired) electrons. The summed E-state index contributed by atoms with van der Waals surface area (Å²) in [7, 11) is 0. The van der Waals surface area contributed by atoms with E-state index in [-0.39, 0.29) is 12.3 Å². The number of imide groups is 1. The van der Waals surface area contributed by atoms with Crippen molar-refractivity contribution in [3.8, 4) is 0 Å².